The molecule has 4 rings (SSSR count). The minimum absolute atomic E-state index is 0.314. The lowest BCUT2D eigenvalue weighted by atomic mass is 10.0. The number of pyridine rings is 1. The number of benzene rings is 3. The van der Waals surface area contributed by atoms with Crippen molar-refractivity contribution in [3.8, 4) is 22.8 Å². The van der Waals surface area contributed by atoms with Crippen molar-refractivity contribution >= 4 is 28.6 Å². The van der Waals surface area contributed by atoms with Gasteiger partial charge < -0.3 is 14.2 Å². The number of ether oxygens (including phenoxy) is 3. The van der Waals surface area contributed by atoms with Crippen LogP contribution in [0.1, 0.15) is 27.6 Å². The number of nitrogens with zero attached hydrogens (tertiary/aromatic N) is 1. The van der Waals surface area contributed by atoms with Crippen molar-refractivity contribution in [3.05, 3.63) is 90.0 Å². The van der Waals surface area contributed by atoms with Crippen LogP contribution in [0.25, 0.3) is 22.2 Å². The van der Waals surface area contributed by atoms with Crippen LogP contribution in [0, 0.1) is 0 Å². The lowest BCUT2D eigenvalue weighted by Crippen LogP contribution is -2.15. The fraction of sp³-hybridized carbons (Fsp3) is 0.111. The number of methoxy groups -OCH3 is 1. The summed E-state index contributed by atoms with van der Waals surface area (Å²) in [6.07, 6.45) is 0. The van der Waals surface area contributed by atoms with Crippen molar-refractivity contribution in [2.45, 2.75) is 6.92 Å². The molecule has 170 valence electrons. The second kappa shape index (κ2) is 9.95. The topological polar surface area (TPSA) is 91.8 Å². The highest BCUT2D eigenvalue weighted by molar-refractivity contribution is 6.06. The Morgan fingerprint density at radius 3 is 2.21 bits per heavy atom. The van der Waals surface area contributed by atoms with Crippen LogP contribution >= 0.6 is 0 Å². The lowest BCUT2D eigenvalue weighted by Gasteiger charge is -2.10. The molecule has 1 heterocycles. The average Bonchev–Trinajstić information content (AvgIpc) is 2.86. The van der Waals surface area contributed by atoms with E-state index in [0.717, 1.165) is 5.56 Å². The van der Waals surface area contributed by atoms with Gasteiger partial charge in [-0.05, 0) is 60.7 Å². The summed E-state index contributed by atoms with van der Waals surface area (Å²) in [5, 5.41) is 0.628. The molecule has 0 aliphatic rings. The van der Waals surface area contributed by atoms with E-state index in [-0.39, 0.29) is 5.78 Å². The predicted molar refractivity (Wildman–Crippen MR) is 126 cm³/mol. The highest BCUT2D eigenvalue weighted by atomic mass is 16.5. The first-order valence-electron chi connectivity index (χ1n) is 10.5. The Morgan fingerprint density at radius 2 is 1.53 bits per heavy atom. The highest BCUT2D eigenvalue weighted by Gasteiger charge is 2.17. The highest BCUT2D eigenvalue weighted by Crippen LogP contribution is 2.27. The van der Waals surface area contributed by atoms with Crippen molar-refractivity contribution in [1.82, 2.24) is 4.98 Å². The van der Waals surface area contributed by atoms with Crippen LogP contribution < -0.4 is 9.47 Å². The van der Waals surface area contributed by atoms with Gasteiger partial charge in [-0.2, -0.15) is 0 Å². The summed E-state index contributed by atoms with van der Waals surface area (Å²) in [6.45, 7) is 0.863. The van der Waals surface area contributed by atoms with E-state index in [0.29, 0.717) is 39.2 Å². The maximum atomic E-state index is 13.0. The van der Waals surface area contributed by atoms with Gasteiger partial charge in [0.2, 0.25) is 0 Å². The summed E-state index contributed by atoms with van der Waals surface area (Å²) in [7, 11) is 1.59. The molecule has 0 radical (unpaired) electrons. The molecule has 0 aliphatic carbocycles. The smallest absolute Gasteiger partial charge is 0.339 e. The van der Waals surface area contributed by atoms with Crippen LogP contribution in [0.5, 0.6) is 11.5 Å². The molecule has 0 fully saturated rings. The minimum Gasteiger partial charge on any atom is -0.497 e. The second-order valence-corrected chi connectivity index (χ2v) is 7.42. The van der Waals surface area contributed by atoms with Gasteiger partial charge in [-0.1, -0.05) is 18.2 Å². The molecule has 0 atom stereocenters. The SMILES string of the molecule is COc1ccc(-c2cc(C(=O)OCC(=O)c3ccc(OC(C)=O)cc3)c3ccccc3n2)cc1. The largest absolute Gasteiger partial charge is 0.497 e. The van der Waals surface area contributed by atoms with Gasteiger partial charge in [-0.3, -0.25) is 9.59 Å². The van der Waals surface area contributed by atoms with Gasteiger partial charge in [0, 0.05) is 23.4 Å². The first kappa shape index (κ1) is 22.7. The van der Waals surface area contributed by atoms with Crippen LogP contribution in [-0.2, 0) is 9.53 Å². The van der Waals surface area contributed by atoms with Gasteiger partial charge >= 0.3 is 11.9 Å². The van der Waals surface area contributed by atoms with Crippen LogP contribution in [0.3, 0.4) is 0 Å². The van der Waals surface area contributed by atoms with E-state index < -0.39 is 18.5 Å². The van der Waals surface area contributed by atoms with Gasteiger partial charge in [0.15, 0.2) is 12.4 Å². The molecule has 0 unspecified atom stereocenters. The van der Waals surface area contributed by atoms with Gasteiger partial charge in [0.25, 0.3) is 0 Å². The van der Waals surface area contributed by atoms with Gasteiger partial charge in [-0.15, -0.1) is 0 Å². The Kier molecular flexibility index (Phi) is 6.64. The number of carbonyl (C=O) groups excluding carboxylic acids is 3. The molecule has 4 aromatic rings. The van der Waals surface area contributed by atoms with Gasteiger partial charge in [0.1, 0.15) is 11.5 Å². The van der Waals surface area contributed by atoms with E-state index in [1.807, 2.05) is 42.5 Å². The van der Waals surface area contributed by atoms with E-state index in [1.54, 1.807) is 19.2 Å². The summed E-state index contributed by atoms with van der Waals surface area (Å²) in [6, 6.07) is 22.3. The van der Waals surface area contributed by atoms with Crippen molar-refractivity contribution in [1.29, 1.82) is 0 Å². The number of aromatic nitrogens is 1. The minimum atomic E-state index is -0.627. The van der Waals surface area contributed by atoms with E-state index in [2.05, 4.69) is 4.98 Å². The van der Waals surface area contributed by atoms with Crippen LogP contribution in [-0.4, -0.2) is 36.4 Å². The van der Waals surface area contributed by atoms with E-state index >= 15 is 0 Å². The molecule has 0 spiro atoms. The van der Waals surface area contributed by atoms with Gasteiger partial charge in [-0.25, -0.2) is 9.78 Å². The second-order valence-electron chi connectivity index (χ2n) is 7.42. The lowest BCUT2D eigenvalue weighted by molar-refractivity contribution is -0.131. The number of carbonyl (C=O) groups is 3. The Bertz CT molecular complexity index is 1360. The molecule has 0 saturated heterocycles. The molecule has 0 bridgehead atoms. The first-order chi connectivity index (χ1) is 16.4. The van der Waals surface area contributed by atoms with Crippen molar-refractivity contribution in [2.75, 3.05) is 13.7 Å². The Labute approximate surface area is 195 Å². The summed E-state index contributed by atoms with van der Waals surface area (Å²) in [4.78, 5) is 41.2. The number of esters is 2. The number of hydrogen-bond donors (Lipinski definition) is 0. The first-order valence-corrected chi connectivity index (χ1v) is 10.5. The van der Waals surface area contributed by atoms with Crippen molar-refractivity contribution < 1.29 is 28.6 Å². The van der Waals surface area contributed by atoms with Crippen molar-refractivity contribution in [2.24, 2.45) is 0 Å². The number of Topliss-reactive ketones (excluding diaryl/α,β-unsaturated/α-hetero) is 1. The predicted octanol–water partition coefficient (Wildman–Crippen LogP) is 4.88. The number of fused-ring (bicyclic) bond motifs is 1. The van der Waals surface area contributed by atoms with Crippen LogP contribution in [0.4, 0.5) is 0 Å². The standard InChI is InChI=1S/C27H21NO6/c1-17(29)34-21-13-9-19(10-14-21)26(30)16-33-27(31)23-15-25(18-7-11-20(32-2)12-8-18)28-24-6-4-3-5-22(23)24/h3-15H,16H2,1-2H3. The fourth-order valence-corrected chi connectivity index (χ4v) is 3.42. The number of hydrogen-bond acceptors (Lipinski definition) is 7. The zero-order chi connectivity index (χ0) is 24.1. The van der Waals surface area contributed by atoms with Gasteiger partial charge in [0.05, 0.1) is 23.9 Å². The van der Waals surface area contributed by atoms with Crippen molar-refractivity contribution in [3.63, 3.8) is 0 Å². The monoisotopic (exact) mass is 455 g/mol. The van der Waals surface area contributed by atoms with Crippen LogP contribution in [0.2, 0.25) is 0 Å². The zero-order valence-electron chi connectivity index (χ0n) is 18.6. The molecule has 7 nitrogen and oxygen atoms in total. The van der Waals surface area contributed by atoms with E-state index in [4.69, 9.17) is 14.2 Å². The third-order valence-electron chi connectivity index (χ3n) is 5.09. The molecular formula is C27H21NO6. The molecular weight excluding hydrogens is 434 g/mol. The summed E-state index contributed by atoms with van der Waals surface area (Å²) < 4.78 is 15.5. The fourth-order valence-electron chi connectivity index (χ4n) is 3.42. The number of rotatable bonds is 7. The van der Waals surface area contributed by atoms with E-state index in [1.165, 1.54) is 31.2 Å². The number of ketones is 1. The zero-order valence-corrected chi connectivity index (χ0v) is 18.6. The molecule has 34 heavy (non-hydrogen) atoms. The molecule has 1 aromatic heterocycles. The quantitative estimate of drug-likeness (QED) is 0.223. The molecule has 0 aliphatic heterocycles. The molecule has 7 heteroatoms. The third kappa shape index (κ3) is 5.10. The summed E-state index contributed by atoms with van der Waals surface area (Å²) in [5.41, 5.74) is 2.69. The maximum Gasteiger partial charge on any atom is 0.339 e. The normalized spacial score (nSPS) is 10.5. The molecule has 0 amide bonds. The molecule has 0 saturated carbocycles. The maximum absolute atomic E-state index is 13.0. The summed E-state index contributed by atoms with van der Waals surface area (Å²) >= 11 is 0. The molecule has 0 N–H and O–H groups in total. The van der Waals surface area contributed by atoms with Crippen LogP contribution in [0.15, 0.2) is 78.9 Å². The van der Waals surface area contributed by atoms with E-state index in [9.17, 15) is 14.4 Å². The number of para-hydroxylation sites is 1. The Hall–Kier alpha value is -4.52. The summed E-state index contributed by atoms with van der Waals surface area (Å²) in [5.74, 6) is -0.416. The average molecular weight is 455 g/mol. The third-order valence-corrected chi connectivity index (χ3v) is 5.09. The molecule has 3 aromatic carbocycles. The Balaban J connectivity index is 1.55. The Morgan fingerprint density at radius 1 is 0.853 bits per heavy atom.